The van der Waals surface area contributed by atoms with E-state index in [-0.39, 0.29) is 16.9 Å². The lowest BCUT2D eigenvalue weighted by Gasteiger charge is -2.45. The van der Waals surface area contributed by atoms with Gasteiger partial charge < -0.3 is 19.6 Å². The van der Waals surface area contributed by atoms with Crippen LogP contribution in [0, 0.1) is 5.41 Å². The number of likely N-dealkylation sites (N-methyl/N-ethyl adjacent to an activating group) is 1. The molecule has 2 heterocycles. The number of hydrogen-bond donors (Lipinski definition) is 2. The molecule has 186 valence electrons. The number of hydrogen-bond acceptors (Lipinski definition) is 6. The molecule has 0 bridgehead atoms. The van der Waals surface area contributed by atoms with Crippen molar-refractivity contribution < 1.29 is 18.3 Å². The van der Waals surface area contributed by atoms with Crippen LogP contribution in [0.15, 0.2) is 23.1 Å². The van der Waals surface area contributed by atoms with Gasteiger partial charge in [-0.25, -0.2) is 13.1 Å². The number of sulfonamides is 1. The number of benzene rings is 1. The molecule has 1 saturated carbocycles. The van der Waals surface area contributed by atoms with Gasteiger partial charge in [0, 0.05) is 31.1 Å². The topological polar surface area (TPSA) is 82.1 Å². The van der Waals surface area contributed by atoms with Gasteiger partial charge in [0.25, 0.3) is 0 Å². The maximum absolute atomic E-state index is 13.1. The highest BCUT2D eigenvalue weighted by atomic mass is 32.2. The van der Waals surface area contributed by atoms with Gasteiger partial charge in [0.1, 0.15) is 10.6 Å². The molecule has 2 fully saturated rings. The first-order chi connectivity index (χ1) is 15.7. The third kappa shape index (κ3) is 5.90. The van der Waals surface area contributed by atoms with Crippen LogP contribution in [-0.2, 0) is 10.0 Å². The maximum Gasteiger partial charge on any atom is 0.244 e. The van der Waals surface area contributed by atoms with Crippen molar-refractivity contribution in [3.8, 4) is 5.75 Å². The Bertz CT molecular complexity index is 906. The number of likely N-dealkylation sites (tertiary alicyclic amines) is 1. The average molecular weight is 480 g/mol. The molecule has 1 spiro atoms. The molecule has 3 aliphatic rings. The minimum atomic E-state index is -3.78. The van der Waals surface area contributed by atoms with Crippen molar-refractivity contribution in [1.29, 1.82) is 0 Å². The molecular formula is C25H41N3O4S. The van der Waals surface area contributed by atoms with Crippen LogP contribution >= 0.6 is 0 Å². The molecule has 1 aromatic rings. The average Bonchev–Trinajstić information content (AvgIpc) is 3.31. The molecule has 33 heavy (non-hydrogen) atoms. The normalized spacial score (nSPS) is 27.6. The number of nitrogens with one attached hydrogen (secondary N) is 1. The van der Waals surface area contributed by atoms with E-state index in [0.29, 0.717) is 30.9 Å². The third-order valence-electron chi connectivity index (χ3n) is 7.84. The number of ether oxygens (including phenoxy) is 1. The Morgan fingerprint density at radius 1 is 1.18 bits per heavy atom. The van der Waals surface area contributed by atoms with Gasteiger partial charge in [0.2, 0.25) is 10.0 Å². The zero-order chi connectivity index (χ0) is 23.6. The number of rotatable bonds is 2. The fourth-order valence-electron chi connectivity index (χ4n) is 5.81. The predicted molar refractivity (Wildman–Crippen MR) is 130 cm³/mol. The van der Waals surface area contributed by atoms with Gasteiger partial charge in [-0.3, -0.25) is 0 Å². The number of aliphatic hydroxyl groups is 1. The van der Waals surface area contributed by atoms with Crippen LogP contribution in [-0.4, -0.2) is 81.8 Å². The molecule has 1 atom stereocenters. The van der Waals surface area contributed by atoms with Crippen LogP contribution in [0.2, 0.25) is 0 Å². The Morgan fingerprint density at radius 2 is 1.88 bits per heavy atom. The van der Waals surface area contributed by atoms with Gasteiger partial charge in [-0.2, -0.15) is 0 Å². The molecule has 0 amide bonds. The summed E-state index contributed by atoms with van der Waals surface area (Å²) in [5, 5.41) is 10.5. The SMILES string of the molecule is CC(C)N1CCC2(CC1)COc1cc(C3CCCC3)ccc1S(=O)(=O)NCC(O)CN(C)C2. The summed E-state index contributed by atoms with van der Waals surface area (Å²) in [4.78, 5) is 4.81. The second kappa shape index (κ2) is 10.2. The van der Waals surface area contributed by atoms with Crippen LogP contribution in [0.1, 0.15) is 63.9 Å². The van der Waals surface area contributed by atoms with Gasteiger partial charge in [0.05, 0.1) is 12.7 Å². The summed E-state index contributed by atoms with van der Waals surface area (Å²) in [6.07, 6.45) is 5.97. The number of nitrogens with zero attached hydrogens (tertiary/aromatic N) is 2. The summed E-state index contributed by atoms with van der Waals surface area (Å²) in [5.74, 6) is 0.933. The Balaban J connectivity index is 1.66. The van der Waals surface area contributed by atoms with Crippen LogP contribution < -0.4 is 9.46 Å². The molecule has 7 nitrogen and oxygen atoms in total. The predicted octanol–water partition coefficient (Wildman–Crippen LogP) is 2.80. The van der Waals surface area contributed by atoms with Gasteiger partial charge in [-0.05, 0) is 83.3 Å². The van der Waals surface area contributed by atoms with E-state index < -0.39 is 16.1 Å². The van der Waals surface area contributed by atoms with Gasteiger partial charge in [-0.15, -0.1) is 0 Å². The van der Waals surface area contributed by atoms with Gasteiger partial charge in [-0.1, -0.05) is 18.9 Å². The van der Waals surface area contributed by atoms with E-state index in [0.717, 1.165) is 45.3 Å². The van der Waals surface area contributed by atoms with Crippen LogP contribution in [0.5, 0.6) is 5.75 Å². The minimum absolute atomic E-state index is 0.00931. The van der Waals surface area contributed by atoms with E-state index in [2.05, 4.69) is 28.4 Å². The van der Waals surface area contributed by atoms with E-state index in [4.69, 9.17) is 4.74 Å². The highest BCUT2D eigenvalue weighted by Crippen LogP contribution is 2.39. The smallest absolute Gasteiger partial charge is 0.244 e. The number of aliphatic hydroxyl groups excluding tert-OH is 1. The summed E-state index contributed by atoms with van der Waals surface area (Å²) in [7, 11) is -1.78. The lowest BCUT2D eigenvalue weighted by atomic mass is 9.78. The Hall–Kier alpha value is -1.19. The summed E-state index contributed by atoms with van der Waals surface area (Å²) in [5.41, 5.74) is 1.10. The number of piperidine rings is 1. The van der Waals surface area contributed by atoms with E-state index in [1.54, 1.807) is 6.07 Å². The zero-order valence-electron chi connectivity index (χ0n) is 20.4. The molecule has 2 N–H and O–H groups in total. The molecule has 0 aromatic heterocycles. The first-order valence-electron chi connectivity index (χ1n) is 12.5. The highest BCUT2D eigenvalue weighted by molar-refractivity contribution is 7.89. The van der Waals surface area contributed by atoms with Gasteiger partial charge >= 0.3 is 0 Å². The Labute approximate surface area is 199 Å². The van der Waals surface area contributed by atoms with Crippen LogP contribution in [0.3, 0.4) is 0 Å². The van der Waals surface area contributed by atoms with E-state index >= 15 is 0 Å². The Morgan fingerprint density at radius 3 is 2.55 bits per heavy atom. The van der Waals surface area contributed by atoms with E-state index in [9.17, 15) is 13.5 Å². The fourth-order valence-corrected chi connectivity index (χ4v) is 7.01. The molecule has 1 unspecified atom stereocenters. The molecule has 2 aliphatic heterocycles. The van der Waals surface area contributed by atoms with Crippen molar-refractivity contribution in [3.05, 3.63) is 23.8 Å². The first kappa shape index (κ1) is 24.9. The van der Waals surface area contributed by atoms with Crippen molar-refractivity contribution in [3.63, 3.8) is 0 Å². The second-order valence-corrected chi connectivity index (χ2v) is 12.5. The number of fused-ring (bicyclic) bond motifs is 1. The molecule has 1 aliphatic carbocycles. The summed E-state index contributed by atoms with van der Waals surface area (Å²) in [6, 6.07) is 6.13. The fraction of sp³-hybridized carbons (Fsp3) is 0.760. The number of β-amino-alcohol motifs (C(OH)–C–C–N with tert-alkyl or cyclic N) is 1. The zero-order valence-corrected chi connectivity index (χ0v) is 21.2. The van der Waals surface area contributed by atoms with E-state index in [1.807, 2.05) is 19.2 Å². The lowest BCUT2D eigenvalue weighted by Crippen LogP contribution is -2.51. The molecule has 8 heteroatoms. The standard InChI is InChI=1S/C25H41N3O4S/c1-19(2)28-12-10-25(11-13-28)17-27(3)16-22(29)15-26-33(30,31)24-9-8-21(14-23(24)32-18-25)20-6-4-5-7-20/h8-9,14,19-20,22,26,29H,4-7,10-13,15-18H2,1-3H3. The van der Waals surface area contributed by atoms with Crippen molar-refractivity contribution >= 4 is 10.0 Å². The summed E-state index contributed by atoms with van der Waals surface area (Å²) >= 11 is 0. The van der Waals surface area contributed by atoms with Crippen molar-refractivity contribution in [2.75, 3.05) is 46.4 Å². The second-order valence-electron chi connectivity index (χ2n) is 10.8. The Kier molecular flexibility index (Phi) is 7.70. The summed E-state index contributed by atoms with van der Waals surface area (Å²) < 4.78 is 35.3. The first-order valence-corrected chi connectivity index (χ1v) is 14.0. The van der Waals surface area contributed by atoms with E-state index in [1.165, 1.54) is 18.4 Å². The lowest BCUT2D eigenvalue weighted by molar-refractivity contribution is 0.00859. The highest BCUT2D eigenvalue weighted by Gasteiger charge is 2.38. The minimum Gasteiger partial charge on any atom is -0.492 e. The molecule has 1 saturated heterocycles. The van der Waals surface area contributed by atoms with Crippen molar-refractivity contribution in [2.45, 2.75) is 75.3 Å². The molecule has 0 radical (unpaired) electrons. The maximum atomic E-state index is 13.1. The summed E-state index contributed by atoms with van der Waals surface area (Å²) in [6.45, 7) is 8.19. The monoisotopic (exact) mass is 479 g/mol. The quantitative estimate of drug-likeness (QED) is 0.679. The van der Waals surface area contributed by atoms with Gasteiger partial charge in [0.15, 0.2) is 0 Å². The van der Waals surface area contributed by atoms with Crippen molar-refractivity contribution in [1.82, 2.24) is 14.5 Å². The largest absolute Gasteiger partial charge is 0.492 e. The molecular weight excluding hydrogens is 438 g/mol. The van der Waals surface area contributed by atoms with Crippen LogP contribution in [0.25, 0.3) is 0 Å². The third-order valence-corrected chi connectivity index (χ3v) is 9.31. The van der Waals surface area contributed by atoms with Crippen molar-refractivity contribution in [2.24, 2.45) is 5.41 Å². The molecule has 4 rings (SSSR count). The molecule has 1 aromatic carbocycles. The van der Waals surface area contributed by atoms with Crippen LogP contribution in [0.4, 0.5) is 0 Å².